The molecule has 2 aromatic heterocycles. The zero-order chi connectivity index (χ0) is 34.3. The average molecular weight is 710 g/mol. The first-order valence-corrected chi connectivity index (χ1v) is 16.6. The van der Waals surface area contributed by atoms with Crippen LogP contribution in [0.3, 0.4) is 0 Å². The van der Waals surface area contributed by atoms with Gasteiger partial charge in [-0.15, -0.1) is 0 Å². The first-order chi connectivity index (χ1) is 22.9. The summed E-state index contributed by atoms with van der Waals surface area (Å²) in [6, 6.07) is 19.3. The molecule has 48 heavy (non-hydrogen) atoms. The van der Waals surface area contributed by atoms with Crippen LogP contribution in [-0.2, 0) is 16.7 Å². The number of hydrogen-bond acceptors (Lipinski definition) is 13. The number of rotatable bonds is 13. The monoisotopic (exact) mass is 708 g/mol. The normalized spacial score (nSPS) is 12.1. The van der Waals surface area contributed by atoms with Crippen LogP contribution < -0.4 is 21.3 Å². The molecular formula is C31H30Cl2N10O4S. The molecule has 14 nitrogen and oxygen atoms in total. The van der Waals surface area contributed by atoms with Crippen molar-refractivity contribution >= 4 is 80.4 Å². The highest BCUT2D eigenvalue weighted by Crippen LogP contribution is 2.26. The van der Waals surface area contributed by atoms with Crippen molar-refractivity contribution in [3.8, 4) is 0 Å². The van der Waals surface area contributed by atoms with Gasteiger partial charge in [-0.25, -0.2) is 4.98 Å². The van der Waals surface area contributed by atoms with Gasteiger partial charge in [0.2, 0.25) is 28.4 Å². The molecule has 0 bridgehead atoms. The molecule has 0 aliphatic rings. The van der Waals surface area contributed by atoms with Gasteiger partial charge < -0.3 is 26.4 Å². The summed E-state index contributed by atoms with van der Waals surface area (Å²) in [6.45, 7) is 3.85. The Balaban J connectivity index is 1.29. The van der Waals surface area contributed by atoms with Gasteiger partial charge in [0, 0.05) is 23.6 Å². The van der Waals surface area contributed by atoms with Gasteiger partial charge in [0.15, 0.2) is 5.82 Å². The van der Waals surface area contributed by atoms with E-state index in [1.807, 2.05) is 49.4 Å². The fourth-order valence-corrected chi connectivity index (χ4v) is 5.38. The Morgan fingerprint density at radius 3 is 2.08 bits per heavy atom. The van der Waals surface area contributed by atoms with Crippen molar-refractivity contribution in [3.63, 3.8) is 0 Å². The van der Waals surface area contributed by atoms with E-state index in [4.69, 9.17) is 23.2 Å². The third-order valence-corrected chi connectivity index (χ3v) is 7.81. The Kier molecular flexibility index (Phi) is 11.0. The van der Waals surface area contributed by atoms with Crippen molar-refractivity contribution in [2.45, 2.75) is 31.4 Å². The molecule has 5 rings (SSSR count). The lowest BCUT2D eigenvalue weighted by atomic mass is 10.1. The van der Waals surface area contributed by atoms with Crippen LogP contribution in [0.1, 0.15) is 29.4 Å². The second-order valence-electron chi connectivity index (χ2n) is 10.4. The summed E-state index contributed by atoms with van der Waals surface area (Å²) in [4.78, 5) is 24.7. The molecule has 0 saturated carbocycles. The second-order valence-corrected chi connectivity index (χ2v) is 12.5. The lowest BCUT2D eigenvalue weighted by Crippen LogP contribution is -2.17. The summed E-state index contributed by atoms with van der Waals surface area (Å²) in [5.74, 6) is 0.985. The maximum Gasteiger partial charge on any atom is 0.295 e. The minimum atomic E-state index is -4.58. The van der Waals surface area contributed by atoms with Gasteiger partial charge in [-0.2, -0.15) is 33.3 Å². The summed E-state index contributed by atoms with van der Waals surface area (Å²) in [5, 5.41) is 21.5. The number of nitrogens with one attached hydrogen (secondary N) is 4. The quantitative estimate of drug-likeness (QED) is 0.0616. The number of benzene rings is 3. The largest absolute Gasteiger partial charge is 0.392 e. The van der Waals surface area contributed by atoms with E-state index in [2.05, 4.69) is 51.2 Å². The molecule has 5 aromatic rings. The van der Waals surface area contributed by atoms with Crippen LogP contribution in [0.4, 0.5) is 34.9 Å². The fraction of sp³-hybridized carbons (Fsp3) is 0.161. The Morgan fingerprint density at radius 1 is 0.750 bits per heavy atom. The Morgan fingerprint density at radius 2 is 1.38 bits per heavy atom. The Bertz CT molecular complexity index is 2050. The smallest absolute Gasteiger partial charge is 0.295 e. The molecule has 0 amide bonds. The third kappa shape index (κ3) is 9.79. The predicted molar refractivity (Wildman–Crippen MR) is 187 cm³/mol. The highest BCUT2D eigenvalue weighted by Gasteiger charge is 2.16. The summed E-state index contributed by atoms with van der Waals surface area (Å²) in [5.41, 5.74) is 3.77. The zero-order valence-corrected chi connectivity index (χ0v) is 27.9. The molecule has 2 heterocycles. The van der Waals surface area contributed by atoms with Crippen molar-refractivity contribution in [2.24, 2.45) is 0 Å². The van der Waals surface area contributed by atoms with Crippen LogP contribution in [0.5, 0.6) is 0 Å². The minimum Gasteiger partial charge on any atom is -0.392 e. The number of aryl methyl sites for hydroxylation is 1. The molecule has 0 aliphatic heterocycles. The maximum atomic E-state index is 12.3. The van der Waals surface area contributed by atoms with Gasteiger partial charge in [-0.3, -0.25) is 4.55 Å². The van der Waals surface area contributed by atoms with E-state index in [-0.39, 0.29) is 52.0 Å². The van der Waals surface area contributed by atoms with E-state index in [0.29, 0.717) is 17.2 Å². The number of para-hydroxylation sites is 1. The molecular weight excluding hydrogens is 679 g/mol. The van der Waals surface area contributed by atoms with Crippen LogP contribution in [0.15, 0.2) is 71.6 Å². The van der Waals surface area contributed by atoms with E-state index < -0.39 is 16.2 Å². The summed E-state index contributed by atoms with van der Waals surface area (Å²) in [6.07, 6.45) is 2.73. The Hall–Kier alpha value is -4.93. The number of nitrogens with zero attached hydrogens (tertiary/aromatic N) is 6. The SMILES string of the molecule is Cc1cc(Nc2nc(Cl)nc(NCC(C)O)n2)ccc1/C=C/c1ccc(NCc2nc(Cl)nc(Nc3ccccc3)n2)cc1S(=O)(=O)O. The molecule has 1 atom stereocenters. The van der Waals surface area contributed by atoms with Crippen molar-refractivity contribution in [3.05, 3.63) is 99.8 Å². The average Bonchev–Trinajstić information content (AvgIpc) is 3.02. The van der Waals surface area contributed by atoms with Gasteiger partial charge in [-0.05, 0) is 90.1 Å². The first kappa shape index (κ1) is 34.4. The van der Waals surface area contributed by atoms with E-state index in [0.717, 1.165) is 16.8 Å². The maximum absolute atomic E-state index is 12.3. The lowest BCUT2D eigenvalue weighted by molar-refractivity contribution is 0.208. The molecule has 17 heteroatoms. The molecule has 248 valence electrons. The highest BCUT2D eigenvalue weighted by molar-refractivity contribution is 7.86. The second kappa shape index (κ2) is 15.3. The summed E-state index contributed by atoms with van der Waals surface area (Å²) in [7, 11) is -4.58. The molecule has 0 aliphatic carbocycles. The van der Waals surface area contributed by atoms with Crippen molar-refractivity contribution in [1.29, 1.82) is 0 Å². The molecule has 3 aromatic carbocycles. The van der Waals surface area contributed by atoms with Gasteiger partial charge in [0.25, 0.3) is 10.1 Å². The molecule has 0 fully saturated rings. The number of aliphatic hydroxyl groups is 1. The zero-order valence-electron chi connectivity index (χ0n) is 25.6. The van der Waals surface area contributed by atoms with Gasteiger partial charge in [-0.1, -0.05) is 42.5 Å². The number of anilines is 6. The molecule has 0 radical (unpaired) electrons. The third-order valence-electron chi connectivity index (χ3n) is 6.56. The van der Waals surface area contributed by atoms with Gasteiger partial charge in [0.05, 0.1) is 12.6 Å². The minimum absolute atomic E-state index is 0.0103. The fourth-order valence-electron chi connectivity index (χ4n) is 4.34. The summed E-state index contributed by atoms with van der Waals surface area (Å²) >= 11 is 12.1. The number of halogens is 2. The standard InChI is InChI=1S/C31H30Cl2N10O4S/c1-18-14-24(37-31-42-28(33)40-29(43-31)35-16-19(2)44)13-10-20(18)8-9-21-11-12-23(15-25(21)48(45,46)47)34-17-26-38-27(32)41-30(39-26)36-22-6-4-3-5-7-22/h3-15,19,34,44H,16-17H2,1-2H3,(H,45,46,47)(H,36,38,39,41)(H2,35,37,40,42,43)/b9-8+. The van der Waals surface area contributed by atoms with E-state index in [1.165, 1.54) is 6.07 Å². The van der Waals surface area contributed by atoms with E-state index >= 15 is 0 Å². The molecule has 1 unspecified atom stereocenters. The first-order valence-electron chi connectivity index (χ1n) is 14.4. The highest BCUT2D eigenvalue weighted by atomic mass is 35.5. The van der Waals surface area contributed by atoms with Crippen LogP contribution in [0, 0.1) is 6.92 Å². The van der Waals surface area contributed by atoms with Crippen LogP contribution in [0.2, 0.25) is 10.6 Å². The number of aliphatic hydroxyl groups excluding tert-OH is 1. The Labute approximate surface area is 286 Å². The number of hydrogen-bond donors (Lipinski definition) is 6. The van der Waals surface area contributed by atoms with Crippen molar-refractivity contribution < 1.29 is 18.1 Å². The lowest BCUT2D eigenvalue weighted by Gasteiger charge is -2.11. The van der Waals surface area contributed by atoms with Crippen LogP contribution in [-0.4, -0.2) is 60.6 Å². The van der Waals surface area contributed by atoms with Gasteiger partial charge >= 0.3 is 0 Å². The van der Waals surface area contributed by atoms with Crippen LogP contribution in [0.25, 0.3) is 12.2 Å². The topological polar surface area (TPSA) is 200 Å². The van der Waals surface area contributed by atoms with Crippen LogP contribution >= 0.6 is 23.2 Å². The molecule has 6 N–H and O–H groups in total. The van der Waals surface area contributed by atoms with Gasteiger partial charge in [0.1, 0.15) is 4.90 Å². The van der Waals surface area contributed by atoms with Crippen molar-refractivity contribution in [2.75, 3.05) is 27.8 Å². The molecule has 0 spiro atoms. The number of aromatic nitrogens is 6. The van der Waals surface area contributed by atoms with Crippen molar-refractivity contribution in [1.82, 2.24) is 29.9 Å². The molecule has 0 saturated heterocycles. The van der Waals surface area contributed by atoms with E-state index in [9.17, 15) is 18.1 Å². The van der Waals surface area contributed by atoms with E-state index in [1.54, 1.807) is 37.3 Å². The predicted octanol–water partition coefficient (Wildman–Crippen LogP) is 5.98. The summed E-state index contributed by atoms with van der Waals surface area (Å²) < 4.78 is 34.7.